The van der Waals surface area contributed by atoms with Crippen molar-refractivity contribution in [1.29, 1.82) is 0 Å². The van der Waals surface area contributed by atoms with E-state index in [4.69, 9.17) is 32.7 Å². The lowest BCUT2D eigenvalue weighted by Crippen LogP contribution is -2.33. The molecule has 176 valence electrons. The van der Waals surface area contributed by atoms with Crippen LogP contribution in [-0.4, -0.2) is 24.6 Å². The van der Waals surface area contributed by atoms with Crippen LogP contribution in [0.25, 0.3) is 0 Å². The van der Waals surface area contributed by atoms with Crippen molar-refractivity contribution < 1.29 is 23.5 Å². The molecule has 0 radical (unpaired) electrons. The van der Waals surface area contributed by atoms with E-state index < -0.39 is 11.8 Å². The number of nitrogens with one attached hydrogen (secondary N) is 2. The highest BCUT2D eigenvalue weighted by molar-refractivity contribution is 6.45. The first-order chi connectivity index (χ1) is 16.3. The van der Waals surface area contributed by atoms with Crippen molar-refractivity contribution in [1.82, 2.24) is 5.43 Å². The minimum atomic E-state index is -0.993. The van der Waals surface area contributed by atoms with E-state index in [1.165, 1.54) is 19.2 Å². The normalized spacial score (nSPS) is 11.0. The maximum Gasteiger partial charge on any atom is 0.329 e. The largest absolute Gasteiger partial charge is 0.493 e. The number of anilines is 1. The minimum Gasteiger partial charge on any atom is -0.493 e. The lowest BCUT2D eigenvalue weighted by Gasteiger charge is -2.13. The highest BCUT2D eigenvalue weighted by Gasteiger charge is 2.16. The zero-order valence-electron chi connectivity index (χ0n) is 18.2. The van der Waals surface area contributed by atoms with E-state index in [0.717, 1.165) is 0 Å². The van der Waals surface area contributed by atoms with Crippen molar-refractivity contribution in [3.8, 4) is 11.5 Å². The van der Waals surface area contributed by atoms with Gasteiger partial charge in [0.2, 0.25) is 0 Å². The Morgan fingerprint density at radius 3 is 2.50 bits per heavy atom. The van der Waals surface area contributed by atoms with Crippen LogP contribution in [0.4, 0.5) is 10.1 Å². The van der Waals surface area contributed by atoms with Crippen LogP contribution in [0.2, 0.25) is 10.0 Å². The highest BCUT2D eigenvalue weighted by Crippen LogP contribution is 2.30. The van der Waals surface area contributed by atoms with Gasteiger partial charge in [-0.05, 0) is 43.3 Å². The summed E-state index contributed by atoms with van der Waals surface area (Å²) in [5.41, 5.74) is 3.80. The molecule has 0 unspecified atom stereocenters. The summed E-state index contributed by atoms with van der Waals surface area (Å²) in [5.74, 6) is -1.52. The highest BCUT2D eigenvalue weighted by atomic mass is 35.5. The molecule has 0 spiro atoms. The number of nitrogens with zero attached hydrogens (tertiary/aromatic N) is 1. The number of halogens is 3. The minimum absolute atomic E-state index is 0.0251. The average Bonchev–Trinajstić information content (AvgIpc) is 2.84. The fraction of sp³-hybridized carbons (Fsp3) is 0.125. The van der Waals surface area contributed by atoms with Crippen LogP contribution in [0.15, 0.2) is 65.8 Å². The number of rotatable bonds is 7. The molecule has 2 amide bonds. The van der Waals surface area contributed by atoms with Crippen molar-refractivity contribution in [2.45, 2.75) is 13.5 Å². The number of benzene rings is 3. The molecule has 0 aliphatic heterocycles. The Morgan fingerprint density at radius 2 is 1.76 bits per heavy atom. The van der Waals surface area contributed by atoms with Crippen LogP contribution in [-0.2, 0) is 16.2 Å². The Balaban J connectivity index is 1.65. The Labute approximate surface area is 205 Å². The Hall–Kier alpha value is -3.62. The van der Waals surface area contributed by atoms with Gasteiger partial charge in [-0.25, -0.2) is 9.82 Å². The first-order valence-electron chi connectivity index (χ1n) is 9.94. The van der Waals surface area contributed by atoms with Crippen molar-refractivity contribution in [3.63, 3.8) is 0 Å². The van der Waals surface area contributed by atoms with Gasteiger partial charge in [0.1, 0.15) is 12.4 Å². The first-order valence-corrected chi connectivity index (χ1v) is 10.7. The third-order valence-corrected chi connectivity index (χ3v) is 5.47. The maximum atomic E-state index is 13.8. The summed E-state index contributed by atoms with van der Waals surface area (Å²) in [7, 11) is 1.47. The van der Waals surface area contributed by atoms with Gasteiger partial charge >= 0.3 is 11.8 Å². The number of ether oxygens (including phenoxy) is 2. The molecular weight excluding hydrogens is 484 g/mol. The van der Waals surface area contributed by atoms with Gasteiger partial charge in [-0.1, -0.05) is 47.5 Å². The van der Waals surface area contributed by atoms with Crippen molar-refractivity contribution in [3.05, 3.63) is 87.7 Å². The number of hydrazone groups is 1. The third kappa shape index (κ3) is 6.24. The fourth-order valence-electron chi connectivity index (χ4n) is 2.81. The van der Waals surface area contributed by atoms with E-state index in [0.29, 0.717) is 28.3 Å². The maximum absolute atomic E-state index is 13.8. The molecule has 0 bridgehead atoms. The molecular formula is C24H20Cl2FN3O4. The van der Waals surface area contributed by atoms with Crippen LogP contribution >= 0.6 is 23.2 Å². The molecule has 34 heavy (non-hydrogen) atoms. The molecule has 7 nitrogen and oxygen atoms in total. The standard InChI is InChI=1S/C24H20Cl2FN3O4/c1-14(29-30-24(32)23(31)28-19-9-5-7-17(25)22(19)26)15-10-11-20(21(12-15)33-2)34-13-16-6-3-4-8-18(16)27/h3-12H,13H2,1-2H3,(H,28,31)(H,30,32)/b29-14+. The lowest BCUT2D eigenvalue weighted by atomic mass is 10.1. The van der Waals surface area contributed by atoms with E-state index in [-0.39, 0.29) is 28.2 Å². The summed E-state index contributed by atoms with van der Waals surface area (Å²) < 4.78 is 24.9. The summed E-state index contributed by atoms with van der Waals surface area (Å²) in [6.45, 7) is 1.66. The molecule has 3 aromatic carbocycles. The van der Waals surface area contributed by atoms with E-state index in [9.17, 15) is 14.0 Å². The molecule has 3 aromatic rings. The number of hydrogen-bond donors (Lipinski definition) is 2. The van der Waals surface area contributed by atoms with Gasteiger partial charge in [-0.3, -0.25) is 9.59 Å². The van der Waals surface area contributed by atoms with Crippen LogP contribution < -0.4 is 20.2 Å². The van der Waals surface area contributed by atoms with Gasteiger partial charge in [0.15, 0.2) is 11.5 Å². The Kier molecular flexibility index (Phi) is 8.45. The third-order valence-electron chi connectivity index (χ3n) is 4.65. The van der Waals surface area contributed by atoms with Crippen molar-refractivity contribution in [2.24, 2.45) is 5.10 Å². The summed E-state index contributed by atoms with van der Waals surface area (Å²) in [6, 6.07) is 15.9. The number of hydrogen-bond acceptors (Lipinski definition) is 5. The van der Waals surface area contributed by atoms with Gasteiger partial charge in [0.05, 0.1) is 28.6 Å². The topological polar surface area (TPSA) is 89.0 Å². The first kappa shape index (κ1) is 25.0. The number of carbonyl (C=O) groups is 2. The molecule has 0 saturated carbocycles. The molecule has 0 atom stereocenters. The zero-order chi connectivity index (χ0) is 24.7. The quantitative estimate of drug-likeness (QED) is 0.263. The molecule has 0 saturated heterocycles. The predicted molar refractivity (Wildman–Crippen MR) is 129 cm³/mol. The Bertz CT molecular complexity index is 1250. The monoisotopic (exact) mass is 503 g/mol. The Morgan fingerprint density at radius 1 is 1.00 bits per heavy atom. The predicted octanol–water partition coefficient (Wildman–Crippen LogP) is 5.20. The second kappa shape index (κ2) is 11.5. The zero-order valence-corrected chi connectivity index (χ0v) is 19.7. The van der Waals surface area contributed by atoms with Crippen LogP contribution in [0.5, 0.6) is 11.5 Å². The molecule has 2 N–H and O–H groups in total. The van der Waals surface area contributed by atoms with Gasteiger partial charge in [0.25, 0.3) is 0 Å². The van der Waals surface area contributed by atoms with E-state index in [1.807, 2.05) is 0 Å². The van der Waals surface area contributed by atoms with Crippen molar-refractivity contribution >= 4 is 46.4 Å². The SMILES string of the molecule is COc1cc(/C(C)=N/NC(=O)C(=O)Nc2cccc(Cl)c2Cl)ccc1OCc1ccccc1F. The van der Waals surface area contributed by atoms with Gasteiger partial charge < -0.3 is 14.8 Å². The van der Waals surface area contributed by atoms with Gasteiger partial charge in [-0.15, -0.1) is 0 Å². The van der Waals surface area contributed by atoms with E-state index in [2.05, 4.69) is 15.8 Å². The number of methoxy groups -OCH3 is 1. The number of carbonyl (C=O) groups excluding carboxylic acids is 2. The number of amides is 2. The molecule has 0 aliphatic carbocycles. The van der Waals surface area contributed by atoms with Gasteiger partial charge in [0, 0.05) is 11.1 Å². The summed E-state index contributed by atoms with van der Waals surface area (Å²) in [6.07, 6.45) is 0. The molecule has 3 rings (SSSR count). The van der Waals surface area contributed by atoms with Gasteiger partial charge in [-0.2, -0.15) is 5.10 Å². The molecule has 10 heteroatoms. The summed E-state index contributed by atoms with van der Waals surface area (Å²) in [4.78, 5) is 24.2. The lowest BCUT2D eigenvalue weighted by molar-refractivity contribution is -0.136. The smallest absolute Gasteiger partial charge is 0.329 e. The molecule has 0 fully saturated rings. The second-order valence-electron chi connectivity index (χ2n) is 6.94. The molecule has 0 aromatic heterocycles. The van der Waals surface area contributed by atoms with E-state index in [1.54, 1.807) is 55.5 Å². The molecule has 0 aliphatic rings. The molecule has 0 heterocycles. The summed E-state index contributed by atoms with van der Waals surface area (Å²) in [5, 5.41) is 6.69. The second-order valence-corrected chi connectivity index (χ2v) is 7.72. The average molecular weight is 504 g/mol. The van der Waals surface area contributed by atoms with Crippen LogP contribution in [0.1, 0.15) is 18.1 Å². The fourth-order valence-corrected chi connectivity index (χ4v) is 3.16. The van der Waals surface area contributed by atoms with Crippen molar-refractivity contribution in [2.75, 3.05) is 12.4 Å². The van der Waals surface area contributed by atoms with Crippen LogP contribution in [0.3, 0.4) is 0 Å². The summed E-state index contributed by atoms with van der Waals surface area (Å²) >= 11 is 11.9. The van der Waals surface area contributed by atoms with Crippen LogP contribution in [0, 0.1) is 5.82 Å². The van der Waals surface area contributed by atoms with E-state index >= 15 is 0 Å².